The molecule has 0 radical (unpaired) electrons. The van der Waals surface area contributed by atoms with Crippen LogP contribution in [0.2, 0.25) is 19.6 Å². The van der Waals surface area contributed by atoms with E-state index in [1.807, 2.05) is 19.6 Å². The van der Waals surface area contributed by atoms with Crippen molar-refractivity contribution in [2.75, 3.05) is 6.61 Å². The van der Waals surface area contributed by atoms with Crippen molar-refractivity contribution in [1.82, 2.24) is 0 Å². The number of allylic oxidation sites excluding steroid dienone is 3. The molecule has 6 heteroatoms. The van der Waals surface area contributed by atoms with E-state index in [1.54, 1.807) is 0 Å². The summed E-state index contributed by atoms with van der Waals surface area (Å²) in [5.74, 6) is 1.56. The topological polar surface area (TPSA) is 26.3 Å². The lowest BCUT2D eigenvalue weighted by molar-refractivity contribution is -0.138. The van der Waals surface area contributed by atoms with Gasteiger partial charge in [-0.25, -0.2) is 4.79 Å². The number of carbonyl (C=O) groups is 1. The Hall–Kier alpha value is -1.48. The standard InChI is InChI=1S/C13H17F3O2Si/c1-5-18-12(17)10-11(13(14,15)16)8-6-7-9-19(2,3)4/h6,8,10H,5H2,1-4H3/b8-6+,11-10+. The molecule has 0 unspecified atom stereocenters. The lowest BCUT2D eigenvalue weighted by atomic mass is 10.2. The molecule has 0 bridgehead atoms. The molecule has 106 valence electrons. The molecular weight excluding hydrogens is 273 g/mol. The summed E-state index contributed by atoms with van der Waals surface area (Å²) in [7, 11) is -1.62. The van der Waals surface area contributed by atoms with Crippen molar-refractivity contribution in [3.05, 3.63) is 23.8 Å². The maximum atomic E-state index is 12.6. The van der Waals surface area contributed by atoms with Crippen LogP contribution in [0.1, 0.15) is 6.92 Å². The zero-order valence-electron chi connectivity index (χ0n) is 11.4. The zero-order valence-corrected chi connectivity index (χ0v) is 12.4. The number of halogens is 3. The fourth-order valence-corrected chi connectivity index (χ4v) is 1.44. The minimum atomic E-state index is -4.61. The van der Waals surface area contributed by atoms with Gasteiger partial charge in [0.25, 0.3) is 0 Å². The minimum Gasteiger partial charge on any atom is -0.463 e. The quantitative estimate of drug-likeness (QED) is 0.261. The summed E-state index contributed by atoms with van der Waals surface area (Å²) in [4.78, 5) is 11.0. The van der Waals surface area contributed by atoms with Crippen LogP contribution in [0.25, 0.3) is 0 Å². The second kappa shape index (κ2) is 7.19. The molecule has 0 saturated carbocycles. The molecule has 0 aliphatic carbocycles. The maximum Gasteiger partial charge on any atom is 0.416 e. The van der Waals surface area contributed by atoms with Crippen LogP contribution >= 0.6 is 0 Å². The molecule has 0 spiro atoms. The SMILES string of the molecule is CCOC(=O)/C=C(\C=C\C#C[Si](C)(C)C)C(F)(F)F. The van der Waals surface area contributed by atoms with E-state index in [0.29, 0.717) is 6.08 Å². The van der Waals surface area contributed by atoms with Crippen molar-refractivity contribution < 1.29 is 22.7 Å². The van der Waals surface area contributed by atoms with Crippen LogP contribution in [0.4, 0.5) is 13.2 Å². The highest BCUT2D eigenvalue weighted by Gasteiger charge is 2.32. The highest BCUT2D eigenvalue weighted by atomic mass is 28.3. The van der Waals surface area contributed by atoms with Gasteiger partial charge in [-0.15, -0.1) is 5.54 Å². The van der Waals surface area contributed by atoms with Gasteiger partial charge in [-0.3, -0.25) is 0 Å². The van der Waals surface area contributed by atoms with E-state index in [1.165, 1.54) is 6.92 Å². The van der Waals surface area contributed by atoms with E-state index < -0.39 is 25.8 Å². The summed E-state index contributed by atoms with van der Waals surface area (Å²) in [6.07, 6.45) is -2.29. The first-order valence-electron chi connectivity index (χ1n) is 5.71. The van der Waals surface area contributed by atoms with Crippen molar-refractivity contribution in [2.45, 2.75) is 32.7 Å². The summed E-state index contributed by atoms with van der Waals surface area (Å²) >= 11 is 0. The molecule has 0 aliphatic rings. The molecule has 0 aliphatic heterocycles. The number of hydrogen-bond acceptors (Lipinski definition) is 2. The molecule has 0 aromatic rings. The first-order chi connectivity index (χ1) is 8.56. The van der Waals surface area contributed by atoms with Crippen molar-refractivity contribution in [3.63, 3.8) is 0 Å². The fourth-order valence-electron chi connectivity index (χ4n) is 0.925. The normalized spacial score (nSPS) is 13.1. The van der Waals surface area contributed by atoms with Gasteiger partial charge in [-0.05, 0) is 19.1 Å². The van der Waals surface area contributed by atoms with Crippen LogP contribution in [0.5, 0.6) is 0 Å². The van der Waals surface area contributed by atoms with Crippen LogP contribution in [-0.2, 0) is 9.53 Å². The third kappa shape index (κ3) is 9.14. The Kier molecular flexibility index (Phi) is 6.63. The number of rotatable bonds is 3. The lowest BCUT2D eigenvalue weighted by Crippen LogP contribution is -2.16. The molecule has 0 heterocycles. The molecule has 19 heavy (non-hydrogen) atoms. The van der Waals surface area contributed by atoms with Gasteiger partial charge in [0, 0.05) is 6.08 Å². The predicted molar refractivity (Wildman–Crippen MR) is 71.0 cm³/mol. The Balaban J connectivity index is 5.05. The van der Waals surface area contributed by atoms with Gasteiger partial charge in [0.15, 0.2) is 0 Å². The molecule has 0 amide bonds. The Morgan fingerprint density at radius 1 is 1.32 bits per heavy atom. The Bertz CT molecular complexity index is 432. The van der Waals surface area contributed by atoms with Gasteiger partial charge in [0.2, 0.25) is 0 Å². The van der Waals surface area contributed by atoms with Crippen molar-refractivity contribution in [2.24, 2.45) is 0 Å². The number of esters is 1. The summed E-state index contributed by atoms with van der Waals surface area (Å²) in [5.41, 5.74) is 1.83. The number of carbonyl (C=O) groups excluding carboxylic acids is 1. The molecule has 0 fully saturated rings. The van der Waals surface area contributed by atoms with E-state index in [9.17, 15) is 18.0 Å². The van der Waals surface area contributed by atoms with E-state index in [0.717, 1.165) is 12.2 Å². The highest BCUT2D eigenvalue weighted by molar-refractivity contribution is 6.83. The Morgan fingerprint density at radius 2 is 1.89 bits per heavy atom. The van der Waals surface area contributed by atoms with Crippen LogP contribution in [0.3, 0.4) is 0 Å². The lowest BCUT2D eigenvalue weighted by Gasteiger charge is -2.06. The minimum absolute atomic E-state index is 0.0274. The van der Waals surface area contributed by atoms with Gasteiger partial charge in [0.1, 0.15) is 8.07 Å². The molecule has 0 saturated heterocycles. The number of hydrogen-bond donors (Lipinski definition) is 0. The maximum absolute atomic E-state index is 12.6. The molecule has 0 rings (SSSR count). The predicted octanol–water partition coefficient (Wildman–Crippen LogP) is 3.48. The average Bonchev–Trinajstić information content (AvgIpc) is 2.20. The van der Waals surface area contributed by atoms with Crippen LogP contribution in [-0.4, -0.2) is 26.8 Å². The third-order valence-corrected chi connectivity index (χ3v) is 2.58. The van der Waals surface area contributed by atoms with E-state index in [-0.39, 0.29) is 6.61 Å². The second-order valence-electron chi connectivity index (χ2n) is 4.70. The largest absolute Gasteiger partial charge is 0.463 e. The summed E-state index contributed by atoms with van der Waals surface area (Å²) in [6.45, 7) is 7.49. The summed E-state index contributed by atoms with van der Waals surface area (Å²) in [5, 5.41) is 0. The zero-order chi connectivity index (χ0) is 15.1. The smallest absolute Gasteiger partial charge is 0.416 e. The highest BCUT2D eigenvalue weighted by Crippen LogP contribution is 2.26. The fraction of sp³-hybridized carbons (Fsp3) is 0.462. The van der Waals surface area contributed by atoms with Crippen LogP contribution in [0, 0.1) is 11.5 Å². The van der Waals surface area contributed by atoms with E-state index in [4.69, 9.17) is 0 Å². The molecular formula is C13H17F3O2Si. The molecule has 0 aromatic heterocycles. The average molecular weight is 290 g/mol. The molecule has 0 aromatic carbocycles. The number of ether oxygens (including phenoxy) is 1. The summed E-state index contributed by atoms with van der Waals surface area (Å²) in [6, 6.07) is 0. The second-order valence-corrected chi connectivity index (χ2v) is 9.45. The van der Waals surface area contributed by atoms with Crippen LogP contribution in [0.15, 0.2) is 23.8 Å². The van der Waals surface area contributed by atoms with Gasteiger partial charge < -0.3 is 4.74 Å². The monoisotopic (exact) mass is 290 g/mol. The van der Waals surface area contributed by atoms with Gasteiger partial charge >= 0.3 is 12.1 Å². The van der Waals surface area contributed by atoms with E-state index >= 15 is 0 Å². The van der Waals surface area contributed by atoms with Gasteiger partial charge in [0.05, 0.1) is 12.2 Å². The Labute approximate surface area is 112 Å². The molecule has 2 nitrogen and oxygen atoms in total. The van der Waals surface area contributed by atoms with Gasteiger partial charge in [-0.2, -0.15) is 13.2 Å². The third-order valence-electron chi connectivity index (χ3n) is 1.68. The summed E-state index contributed by atoms with van der Waals surface area (Å²) < 4.78 is 42.3. The first kappa shape index (κ1) is 17.5. The van der Waals surface area contributed by atoms with Crippen molar-refractivity contribution >= 4 is 14.0 Å². The van der Waals surface area contributed by atoms with Gasteiger partial charge in [-0.1, -0.05) is 25.6 Å². The molecule has 0 N–H and O–H groups in total. The van der Waals surface area contributed by atoms with Crippen LogP contribution < -0.4 is 0 Å². The van der Waals surface area contributed by atoms with Crippen molar-refractivity contribution in [3.8, 4) is 11.5 Å². The Morgan fingerprint density at radius 3 is 2.32 bits per heavy atom. The van der Waals surface area contributed by atoms with E-state index in [2.05, 4.69) is 16.2 Å². The number of alkyl halides is 3. The molecule has 0 atom stereocenters. The van der Waals surface area contributed by atoms with Crippen molar-refractivity contribution in [1.29, 1.82) is 0 Å². The first-order valence-corrected chi connectivity index (χ1v) is 9.21.